The van der Waals surface area contributed by atoms with E-state index in [-0.39, 0.29) is 6.04 Å². The van der Waals surface area contributed by atoms with Crippen molar-refractivity contribution in [2.45, 2.75) is 12.5 Å². The average Bonchev–Trinajstić information content (AvgIpc) is 2.95. The number of carboxylic acid groups (broad SMARTS) is 1. The van der Waals surface area contributed by atoms with E-state index in [0.29, 0.717) is 6.54 Å². The molecule has 2 aliphatic heterocycles. The standard InChI is InChI=1S/C17H21N3O3/c21-17(22)20-6-5-13-12-3-1-2-4-14(12)18-16(13)15(20)11-19-7-9-23-10-8-19/h1-4,15,18H,5-11H2,(H,21,22). The van der Waals surface area contributed by atoms with E-state index in [4.69, 9.17) is 4.74 Å². The minimum Gasteiger partial charge on any atom is -0.465 e. The van der Waals surface area contributed by atoms with Gasteiger partial charge in [-0.15, -0.1) is 0 Å². The van der Waals surface area contributed by atoms with Crippen molar-refractivity contribution in [1.29, 1.82) is 0 Å². The van der Waals surface area contributed by atoms with Gasteiger partial charge in [0.15, 0.2) is 0 Å². The third-order valence-electron chi connectivity index (χ3n) is 4.94. The van der Waals surface area contributed by atoms with Crippen LogP contribution < -0.4 is 0 Å². The molecule has 2 aromatic rings. The first-order chi connectivity index (χ1) is 11.2. The minimum absolute atomic E-state index is 0.137. The number of aromatic amines is 1. The lowest BCUT2D eigenvalue weighted by Crippen LogP contribution is -2.47. The average molecular weight is 315 g/mol. The Morgan fingerprint density at radius 3 is 2.83 bits per heavy atom. The lowest BCUT2D eigenvalue weighted by Gasteiger charge is -2.38. The highest BCUT2D eigenvalue weighted by Crippen LogP contribution is 2.35. The van der Waals surface area contributed by atoms with Crippen molar-refractivity contribution in [2.75, 3.05) is 39.4 Å². The molecule has 1 aromatic heterocycles. The van der Waals surface area contributed by atoms with Crippen molar-refractivity contribution >= 4 is 17.0 Å². The number of rotatable bonds is 2. The third kappa shape index (κ3) is 2.58. The summed E-state index contributed by atoms with van der Waals surface area (Å²) in [5.41, 5.74) is 3.43. The molecule has 1 atom stereocenters. The van der Waals surface area contributed by atoms with Crippen LogP contribution in [-0.2, 0) is 11.2 Å². The summed E-state index contributed by atoms with van der Waals surface area (Å²) in [7, 11) is 0. The zero-order valence-electron chi connectivity index (χ0n) is 13.0. The van der Waals surface area contributed by atoms with Gasteiger partial charge in [0, 0.05) is 42.8 Å². The number of para-hydroxylation sites is 1. The number of benzene rings is 1. The molecule has 0 spiro atoms. The van der Waals surface area contributed by atoms with Gasteiger partial charge in [0.2, 0.25) is 0 Å². The quantitative estimate of drug-likeness (QED) is 0.890. The Morgan fingerprint density at radius 2 is 2.04 bits per heavy atom. The fourth-order valence-corrected chi connectivity index (χ4v) is 3.77. The van der Waals surface area contributed by atoms with Crippen LogP contribution in [0.4, 0.5) is 4.79 Å². The second-order valence-electron chi connectivity index (χ2n) is 6.22. The molecule has 1 saturated heterocycles. The predicted molar refractivity (Wildman–Crippen MR) is 86.7 cm³/mol. The Morgan fingerprint density at radius 1 is 1.26 bits per heavy atom. The molecule has 6 heteroatoms. The van der Waals surface area contributed by atoms with Crippen molar-refractivity contribution in [3.63, 3.8) is 0 Å². The number of fused-ring (bicyclic) bond motifs is 3. The van der Waals surface area contributed by atoms with Gasteiger partial charge in [-0.25, -0.2) is 4.79 Å². The predicted octanol–water partition coefficient (Wildman–Crippen LogP) is 2.08. The van der Waals surface area contributed by atoms with E-state index in [1.807, 2.05) is 12.1 Å². The Kier molecular flexibility index (Phi) is 3.71. The Bertz CT molecular complexity index is 721. The summed E-state index contributed by atoms with van der Waals surface area (Å²) in [4.78, 5) is 19.1. The molecule has 0 radical (unpaired) electrons. The summed E-state index contributed by atoms with van der Waals surface area (Å²) < 4.78 is 5.40. The first-order valence-corrected chi connectivity index (χ1v) is 8.13. The van der Waals surface area contributed by atoms with Crippen molar-refractivity contribution in [3.05, 3.63) is 35.5 Å². The maximum absolute atomic E-state index is 11.7. The molecule has 4 rings (SSSR count). The van der Waals surface area contributed by atoms with Crippen LogP contribution in [-0.4, -0.2) is 65.4 Å². The molecule has 2 aliphatic rings. The van der Waals surface area contributed by atoms with Crippen LogP contribution in [0, 0.1) is 0 Å². The van der Waals surface area contributed by atoms with Gasteiger partial charge in [0.25, 0.3) is 0 Å². The molecular formula is C17H21N3O3. The summed E-state index contributed by atoms with van der Waals surface area (Å²) in [6, 6.07) is 8.09. The number of hydrogen-bond donors (Lipinski definition) is 2. The van der Waals surface area contributed by atoms with Crippen LogP contribution in [0.15, 0.2) is 24.3 Å². The van der Waals surface area contributed by atoms with E-state index in [9.17, 15) is 9.90 Å². The summed E-state index contributed by atoms with van der Waals surface area (Å²) in [6.07, 6.45) is -0.0711. The maximum atomic E-state index is 11.7. The molecule has 0 saturated carbocycles. The molecule has 23 heavy (non-hydrogen) atoms. The largest absolute Gasteiger partial charge is 0.465 e. The van der Waals surface area contributed by atoms with E-state index in [0.717, 1.165) is 50.5 Å². The van der Waals surface area contributed by atoms with E-state index < -0.39 is 6.09 Å². The first kappa shape index (κ1) is 14.5. The summed E-state index contributed by atoms with van der Waals surface area (Å²) in [5, 5.41) is 10.8. The number of H-pyrrole nitrogens is 1. The third-order valence-corrected chi connectivity index (χ3v) is 4.94. The fraction of sp³-hybridized carbons (Fsp3) is 0.471. The van der Waals surface area contributed by atoms with Crippen molar-refractivity contribution in [1.82, 2.24) is 14.8 Å². The molecular weight excluding hydrogens is 294 g/mol. The van der Waals surface area contributed by atoms with Crippen LogP contribution >= 0.6 is 0 Å². The normalized spacial score (nSPS) is 22.3. The number of nitrogens with zero attached hydrogens (tertiary/aromatic N) is 2. The number of aromatic nitrogens is 1. The Balaban J connectivity index is 1.72. The number of ether oxygens (including phenoxy) is 1. The smallest absolute Gasteiger partial charge is 0.407 e. The molecule has 1 unspecified atom stereocenters. The number of morpholine rings is 1. The Hall–Kier alpha value is -2.05. The molecule has 1 amide bonds. The fourth-order valence-electron chi connectivity index (χ4n) is 3.77. The van der Waals surface area contributed by atoms with Crippen molar-refractivity contribution in [3.8, 4) is 0 Å². The lowest BCUT2D eigenvalue weighted by atomic mass is 9.97. The zero-order valence-corrected chi connectivity index (χ0v) is 13.0. The number of hydrogen-bond acceptors (Lipinski definition) is 3. The maximum Gasteiger partial charge on any atom is 0.407 e. The van der Waals surface area contributed by atoms with Gasteiger partial charge in [-0.05, 0) is 18.1 Å². The van der Waals surface area contributed by atoms with Crippen LogP contribution in [0.3, 0.4) is 0 Å². The number of carbonyl (C=O) groups is 1. The highest BCUT2D eigenvalue weighted by molar-refractivity contribution is 5.85. The molecule has 3 heterocycles. The molecule has 1 fully saturated rings. The lowest BCUT2D eigenvalue weighted by molar-refractivity contribution is 0.0214. The zero-order chi connectivity index (χ0) is 15.8. The van der Waals surface area contributed by atoms with Gasteiger partial charge in [0.1, 0.15) is 0 Å². The molecule has 122 valence electrons. The number of amides is 1. The van der Waals surface area contributed by atoms with Crippen molar-refractivity contribution < 1.29 is 14.6 Å². The monoisotopic (exact) mass is 315 g/mol. The molecule has 0 aliphatic carbocycles. The molecule has 0 bridgehead atoms. The van der Waals surface area contributed by atoms with Crippen molar-refractivity contribution in [2.24, 2.45) is 0 Å². The highest BCUT2D eigenvalue weighted by atomic mass is 16.5. The first-order valence-electron chi connectivity index (χ1n) is 8.13. The van der Waals surface area contributed by atoms with Gasteiger partial charge >= 0.3 is 6.09 Å². The van der Waals surface area contributed by atoms with E-state index in [2.05, 4.69) is 22.0 Å². The second kappa shape index (κ2) is 5.86. The van der Waals surface area contributed by atoms with Crippen LogP contribution in [0.1, 0.15) is 17.3 Å². The number of nitrogens with one attached hydrogen (secondary N) is 1. The van der Waals surface area contributed by atoms with E-state index in [1.54, 1.807) is 4.90 Å². The summed E-state index contributed by atoms with van der Waals surface area (Å²) in [5.74, 6) is 0. The molecule has 1 aromatic carbocycles. The second-order valence-corrected chi connectivity index (χ2v) is 6.22. The van der Waals surface area contributed by atoms with Crippen LogP contribution in [0.2, 0.25) is 0 Å². The van der Waals surface area contributed by atoms with Crippen LogP contribution in [0.25, 0.3) is 10.9 Å². The summed E-state index contributed by atoms with van der Waals surface area (Å²) >= 11 is 0. The minimum atomic E-state index is -0.840. The van der Waals surface area contributed by atoms with Gasteiger partial charge < -0.3 is 14.8 Å². The molecule has 6 nitrogen and oxygen atoms in total. The molecule has 2 N–H and O–H groups in total. The van der Waals surface area contributed by atoms with Gasteiger partial charge in [-0.3, -0.25) is 9.80 Å². The van der Waals surface area contributed by atoms with Gasteiger partial charge in [0.05, 0.1) is 19.3 Å². The van der Waals surface area contributed by atoms with Gasteiger partial charge in [-0.1, -0.05) is 18.2 Å². The SMILES string of the molecule is O=C(O)N1CCc2c([nH]c3ccccc23)C1CN1CCOCC1. The van der Waals surface area contributed by atoms with Crippen LogP contribution in [0.5, 0.6) is 0 Å². The summed E-state index contributed by atoms with van der Waals surface area (Å²) in [6.45, 7) is 4.44. The van der Waals surface area contributed by atoms with Gasteiger partial charge in [-0.2, -0.15) is 0 Å². The van der Waals surface area contributed by atoms with E-state index in [1.165, 1.54) is 10.9 Å². The topological polar surface area (TPSA) is 68.8 Å². The van der Waals surface area contributed by atoms with E-state index >= 15 is 0 Å². The highest BCUT2D eigenvalue weighted by Gasteiger charge is 2.34. The Labute approximate surface area is 134 Å².